The van der Waals surface area contributed by atoms with E-state index in [9.17, 15) is 0 Å². The highest BCUT2D eigenvalue weighted by atomic mass is 16.3. The summed E-state index contributed by atoms with van der Waals surface area (Å²) >= 11 is 0. The van der Waals surface area contributed by atoms with Crippen molar-refractivity contribution in [2.24, 2.45) is 0 Å². The van der Waals surface area contributed by atoms with Crippen molar-refractivity contribution in [3.63, 3.8) is 0 Å². The molecule has 0 fully saturated rings. The van der Waals surface area contributed by atoms with Crippen molar-refractivity contribution in [1.82, 2.24) is 5.32 Å². The summed E-state index contributed by atoms with van der Waals surface area (Å²) in [5.41, 5.74) is 5.50. The molecule has 0 aliphatic heterocycles. The summed E-state index contributed by atoms with van der Waals surface area (Å²) in [7, 11) is 0. The van der Waals surface area contributed by atoms with Crippen LogP contribution in [0.4, 0.5) is 0 Å². The van der Waals surface area contributed by atoms with Gasteiger partial charge in [-0.3, -0.25) is 0 Å². The lowest BCUT2D eigenvalue weighted by Crippen LogP contribution is -2.19. The van der Waals surface area contributed by atoms with Crippen molar-refractivity contribution >= 4 is 0 Å². The van der Waals surface area contributed by atoms with Gasteiger partial charge < -0.3 is 9.73 Å². The molecule has 1 heterocycles. The third kappa shape index (κ3) is 1.97. The molecule has 1 aliphatic carbocycles. The Labute approximate surface area is 108 Å². The van der Waals surface area contributed by atoms with E-state index < -0.39 is 0 Å². The van der Waals surface area contributed by atoms with Gasteiger partial charge in [-0.05, 0) is 48.6 Å². The second-order valence-electron chi connectivity index (χ2n) is 4.93. The molecule has 2 aromatic rings. The van der Waals surface area contributed by atoms with Crippen LogP contribution in [0, 0.1) is 0 Å². The average molecular weight is 241 g/mol. The van der Waals surface area contributed by atoms with Crippen LogP contribution in [0.25, 0.3) is 11.1 Å². The molecule has 0 saturated carbocycles. The molecule has 2 heteroatoms. The Kier molecular flexibility index (Phi) is 3.20. The smallest absolute Gasteiger partial charge is 0.0981 e. The minimum Gasteiger partial charge on any atom is -0.472 e. The molecule has 1 unspecified atom stereocenters. The zero-order chi connectivity index (χ0) is 12.4. The molecule has 2 nitrogen and oxygen atoms in total. The first-order chi connectivity index (χ1) is 8.90. The van der Waals surface area contributed by atoms with E-state index in [0.29, 0.717) is 6.04 Å². The Bertz CT molecular complexity index is 516. The Morgan fingerprint density at radius 3 is 3.06 bits per heavy atom. The normalized spacial score (nSPS) is 17.9. The number of furan rings is 1. The molecular weight excluding hydrogens is 222 g/mol. The van der Waals surface area contributed by atoms with Gasteiger partial charge in [0.1, 0.15) is 0 Å². The Hall–Kier alpha value is -1.54. The van der Waals surface area contributed by atoms with Crippen LogP contribution >= 0.6 is 0 Å². The van der Waals surface area contributed by atoms with Gasteiger partial charge >= 0.3 is 0 Å². The van der Waals surface area contributed by atoms with Gasteiger partial charge in [-0.1, -0.05) is 25.1 Å². The lowest BCUT2D eigenvalue weighted by atomic mass is 9.98. The Balaban J connectivity index is 1.94. The molecule has 0 saturated heterocycles. The number of hydrogen-bond acceptors (Lipinski definition) is 2. The summed E-state index contributed by atoms with van der Waals surface area (Å²) in [6, 6.07) is 9.20. The van der Waals surface area contributed by atoms with Gasteiger partial charge in [-0.15, -0.1) is 0 Å². The monoisotopic (exact) mass is 241 g/mol. The van der Waals surface area contributed by atoms with E-state index in [1.165, 1.54) is 35.1 Å². The van der Waals surface area contributed by atoms with Gasteiger partial charge in [0.25, 0.3) is 0 Å². The third-order valence-electron chi connectivity index (χ3n) is 3.74. The quantitative estimate of drug-likeness (QED) is 0.877. The van der Waals surface area contributed by atoms with Gasteiger partial charge in [0.05, 0.1) is 12.5 Å². The largest absolute Gasteiger partial charge is 0.472 e. The molecular formula is C16H19NO. The molecule has 0 spiro atoms. The number of rotatable bonds is 4. The van der Waals surface area contributed by atoms with E-state index in [-0.39, 0.29) is 0 Å². The molecule has 94 valence electrons. The fourth-order valence-corrected chi connectivity index (χ4v) is 2.87. The van der Waals surface area contributed by atoms with E-state index in [0.717, 1.165) is 13.0 Å². The van der Waals surface area contributed by atoms with Gasteiger partial charge in [0.2, 0.25) is 0 Å². The highest BCUT2D eigenvalue weighted by Gasteiger charge is 2.24. The SMILES string of the molecule is CCCNC1CCc2c(-c3ccoc3)cccc21. The van der Waals surface area contributed by atoms with Crippen LogP contribution in [-0.4, -0.2) is 6.54 Å². The molecule has 1 aromatic heterocycles. The predicted octanol–water partition coefficient (Wildman–Crippen LogP) is 3.93. The van der Waals surface area contributed by atoms with E-state index in [2.05, 4.69) is 30.4 Å². The highest BCUT2D eigenvalue weighted by Crippen LogP contribution is 2.37. The summed E-state index contributed by atoms with van der Waals surface area (Å²) in [5, 5.41) is 3.64. The Morgan fingerprint density at radius 2 is 2.28 bits per heavy atom. The summed E-state index contributed by atoms with van der Waals surface area (Å²) in [6.45, 7) is 3.31. The first-order valence-electron chi connectivity index (χ1n) is 6.78. The van der Waals surface area contributed by atoms with E-state index in [4.69, 9.17) is 4.42 Å². The molecule has 0 amide bonds. The van der Waals surface area contributed by atoms with Crippen molar-refractivity contribution in [2.45, 2.75) is 32.2 Å². The zero-order valence-corrected chi connectivity index (χ0v) is 10.8. The molecule has 1 aliphatic rings. The minimum atomic E-state index is 0.534. The maximum atomic E-state index is 5.20. The number of benzene rings is 1. The van der Waals surface area contributed by atoms with E-state index >= 15 is 0 Å². The van der Waals surface area contributed by atoms with Crippen LogP contribution in [0.3, 0.4) is 0 Å². The van der Waals surface area contributed by atoms with Gasteiger partial charge in [-0.25, -0.2) is 0 Å². The fourth-order valence-electron chi connectivity index (χ4n) is 2.87. The topological polar surface area (TPSA) is 25.2 Å². The standard InChI is InChI=1S/C16H19NO/c1-2-9-17-16-7-6-14-13(4-3-5-15(14)16)12-8-10-18-11-12/h3-5,8,10-11,16-17H,2,6-7,9H2,1H3. The average Bonchev–Trinajstić information content (AvgIpc) is 3.05. The molecule has 3 rings (SSSR count). The highest BCUT2D eigenvalue weighted by molar-refractivity contribution is 5.69. The Morgan fingerprint density at radius 1 is 1.33 bits per heavy atom. The maximum Gasteiger partial charge on any atom is 0.0981 e. The first-order valence-corrected chi connectivity index (χ1v) is 6.78. The minimum absolute atomic E-state index is 0.534. The number of hydrogen-bond donors (Lipinski definition) is 1. The number of fused-ring (bicyclic) bond motifs is 1. The first kappa shape index (κ1) is 11.5. The lowest BCUT2D eigenvalue weighted by molar-refractivity contribution is 0.529. The fraction of sp³-hybridized carbons (Fsp3) is 0.375. The molecule has 0 bridgehead atoms. The molecule has 1 N–H and O–H groups in total. The predicted molar refractivity (Wildman–Crippen MR) is 73.5 cm³/mol. The molecule has 0 radical (unpaired) electrons. The van der Waals surface area contributed by atoms with E-state index in [1.54, 1.807) is 6.26 Å². The van der Waals surface area contributed by atoms with Crippen molar-refractivity contribution < 1.29 is 4.42 Å². The van der Waals surface area contributed by atoms with Crippen molar-refractivity contribution in [2.75, 3.05) is 6.54 Å². The van der Waals surface area contributed by atoms with Gasteiger partial charge in [0, 0.05) is 11.6 Å². The molecule has 1 atom stereocenters. The van der Waals surface area contributed by atoms with Gasteiger partial charge in [0.15, 0.2) is 0 Å². The summed E-state index contributed by atoms with van der Waals surface area (Å²) < 4.78 is 5.20. The van der Waals surface area contributed by atoms with Crippen LogP contribution < -0.4 is 5.32 Å². The van der Waals surface area contributed by atoms with Crippen molar-refractivity contribution in [3.8, 4) is 11.1 Å². The van der Waals surface area contributed by atoms with Crippen LogP contribution in [0.2, 0.25) is 0 Å². The lowest BCUT2D eigenvalue weighted by Gasteiger charge is -2.14. The summed E-state index contributed by atoms with van der Waals surface area (Å²) in [4.78, 5) is 0. The second-order valence-corrected chi connectivity index (χ2v) is 4.93. The third-order valence-corrected chi connectivity index (χ3v) is 3.74. The second kappa shape index (κ2) is 4.99. The maximum absolute atomic E-state index is 5.20. The van der Waals surface area contributed by atoms with E-state index in [1.807, 2.05) is 12.3 Å². The van der Waals surface area contributed by atoms with Crippen molar-refractivity contribution in [3.05, 3.63) is 47.9 Å². The van der Waals surface area contributed by atoms with Crippen molar-refractivity contribution in [1.29, 1.82) is 0 Å². The van der Waals surface area contributed by atoms with Crippen LogP contribution in [0.1, 0.15) is 36.9 Å². The van der Waals surface area contributed by atoms with Crippen LogP contribution in [0.5, 0.6) is 0 Å². The van der Waals surface area contributed by atoms with Gasteiger partial charge in [-0.2, -0.15) is 0 Å². The molecule has 18 heavy (non-hydrogen) atoms. The van der Waals surface area contributed by atoms with Crippen LogP contribution in [-0.2, 0) is 6.42 Å². The molecule has 1 aromatic carbocycles. The van der Waals surface area contributed by atoms with Crippen LogP contribution in [0.15, 0.2) is 41.2 Å². The zero-order valence-electron chi connectivity index (χ0n) is 10.8. The summed E-state index contributed by atoms with van der Waals surface area (Å²) in [6.07, 6.45) is 7.15. The number of nitrogens with one attached hydrogen (secondary N) is 1. The summed E-state index contributed by atoms with van der Waals surface area (Å²) in [5.74, 6) is 0.